The van der Waals surface area contributed by atoms with E-state index in [9.17, 15) is 0 Å². The number of hydrogen-bond acceptors (Lipinski definition) is 8. The van der Waals surface area contributed by atoms with Crippen LogP contribution in [0.25, 0.3) is 27.4 Å². The number of thiophene rings is 1. The summed E-state index contributed by atoms with van der Waals surface area (Å²) in [4.78, 5) is 16.3. The highest BCUT2D eigenvalue weighted by Gasteiger charge is 2.44. The topological polar surface area (TPSA) is 68.5 Å². The van der Waals surface area contributed by atoms with Gasteiger partial charge in [0, 0.05) is 36.3 Å². The summed E-state index contributed by atoms with van der Waals surface area (Å²) >= 11 is 1.82. The molecule has 0 aliphatic carbocycles. The maximum absolute atomic E-state index is 5.76. The fourth-order valence-electron chi connectivity index (χ4n) is 5.37. The van der Waals surface area contributed by atoms with Crippen LogP contribution in [0.3, 0.4) is 0 Å². The lowest BCUT2D eigenvalue weighted by molar-refractivity contribution is 0.00993. The zero-order chi connectivity index (χ0) is 23.4. The molecule has 2 bridgehead atoms. The van der Waals surface area contributed by atoms with E-state index < -0.39 is 0 Å². The Morgan fingerprint density at radius 3 is 2.69 bits per heavy atom. The van der Waals surface area contributed by atoms with Crippen LogP contribution >= 0.6 is 11.3 Å². The van der Waals surface area contributed by atoms with Gasteiger partial charge in [-0.15, -0.1) is 11.3 Å². The molecule has 0 N–H and O–H groups in total. The van der Waals surface area contributed by atoms with Crippen LogP contribution in [-0.2, 0) is 16.0 Å². The van der Waals surface area contributed by atoms with Crippen LogP contribution in [0.15, 0.2) is 42.6 Å². The molecule has 3 aliphatic rings. The molecule has 9 heteroatoms. The Labute approximate surface area is 208 Å². The number of hydrogen-bond donors (Lipinski definition) is 0. The molecule has 3 saturated heterocycles. The summed E-state index contributed by atoms with van der Waals surface area (Å²) in [5.74, 6) is 1.65. The SMILES string of the molecule is Cc1cccc(-c2ccn(-c3nc(N4C5COCC4C5)c4sc(CN5CCOCC5)cc4n3)n2)c1. The number of nitrogens with zero attached hydrogens (tertiary/aromatic N) is 6. The number of aryl methyl sites for hydroxylation is 1. The minimum Gasteiger partial charge on any atom is -0.379 e. The van der Waals surface area contributed by atoms with Gasteiger partial charge in [-0.25, -0.2) is 9.67 Å². The zero-order valence-electron chi connectivity index (χ0n) is 19.8. The van der Waals surface area contributed by atoms with Gasteiger partial charge in [-0.05, 0) is 31.5 Å². The number of fused-ring (bicyclic) bond motifs is 3. The van der Waals surface area contributed by atoms with Crippen molar-refractivity contribution in [2.45, 2.75) is 32.0 Å². The monoisotopic (exact) mass is 488 g/mol. The minimum absolute atomic E-state index is 0.393. The molecule has 180 valence electrons. The Bertz CT molecular complexity index is 1360. The van der Waals surface area contributed by atoms with Crippen LogP contribution in [-0.4, -0.2) is 76.2 Å². The third-order valence-electron chi connectivity index (χ3n) is 7.18. The van der Waals surface area contributed by atoms with Gasteiger partial charge >= 0.3 is 0 Å². The summed E-state index contributed by atoms with van der Waals surface area (Å²) in [6, 6.07) is 13.5. The summed E-state index contributed by atoms with van der Waals surface area (Å²) in [5, 5.41) is 4.85. The van der Waals surface area contributed by atoms with Crippen molar-refractivity contribution < 1.29 is 9.47 Å². The first kappa shape index (κ1) is 21.4. The van der Waals surface area contributed by atoms with Crippen molar-refractivity contribution >= 4 is 27.4 Å². The maximum Gasteiger partial charge on any atom is 0.253 e. The molecule has 0 amide bonds. The number of rotatable bonds is 5. The fourth-order valence-corrected chi connectivity index (χ4v) is 6.50. The van der Waals surface area contributed by atoms with Crippen LogP contribution in [0.1, 0.15) is 16.9 Å². The number of ether oxygens (including phenoxy) is 2. The van der Waals surface area contributed by atoms with Crippen LogP contribution in [0.2, 0.25) is 0 Å². The molecule has 1 aromatic carbocycles. The van der Waals surface area contributed by atoms with E-state index in [2.05, 4.69) is 47.1 Å². The molecule has 0 spiro atoms. The summed E-state index contributed by atoms with van der Waals surface area (Å²) in [5.41, 5.74) is 4.24. The van der Waals surface area contributed by atoms with E-state index in [4.69, 9.17) is 24.5 Å². The molecule has 6 heterocycles. The van der Waals surface area contributed by atoms with E-state index in [1.807, 2.05) is 28.3 Å². The third-order valence-corrected chi connectivity index (χ3v) is 8.28. The van der Waals surface area contributed by atoms with Gasteiger partial charge in [0.1, 0.15) is 0 Å². The summed E-state index contributed by atoms with van der Waals surface area (Å²) < 4.78 is 14.3. The largest absolute Gasteiger partial charge is 0.379 e. The van der Waals surface area contributed by atoms with Gasteiger partial charge < -0.3 is 14.4 Å². The Balaban J connectivity index is 1.28. The second-order valence-electron chi connectivity index (χ2n) is 9.67. The van der Waals surface area contributed by atoms with Crippen molar-refractivity contribution in [3.8, 4) is 17.2 Å². The average molecular weight is 489 g/mol. The Morgan fingerprint density at radius 2 is 1.89 bits per heavy atom. The number of morpholine rings is 2. The molecular formula is C26H28N6O2S. The van der Waals surface area contributed by atoms with Crippen molar-refractivity contribution in [2.24, 2.45) is 0 Å². The van der Waals surface area contributed by atoms with Crippen molar-refractivity contribution in [3.05, 3.63) is 53.0 Å². The summed E-state index contributed by atoms with van der Waals surface area (Å²) in [6.45, 7) is 8.11. The average Bonchev–Trinajstić information content (AvgIpc) is 3.52. The zero-order valence-corrected chi connectivity index (χ0v) is 20.6. The molecule has 7 rings (SSSR count). The van der Waals surface area contributed by atoms with E-state index in [1.165, 1.54) is 21.6 Å². The van der Waals surface area contributed by atoms with Crippen LogP contribution in [0.5, 0.6) is 0 Å². The van der Waals surface area contributed by atoms with Crippen LogP contribution < -0.4 is 4.90 Å². The van der Waals surface area contributed by atoms with Gasteiger partial charge in [-0.2, -0.15) is 10.1 Å². The lowest BCUT2D eigenvalue weighted by Gasteiger charge is -2.53. The van der Waals surface area contributed by atoms with Crippen molar-refractivity contribution in [2.75, 3.05) is 44.4 Å². The quantitative estimate of drug-likeness (QED) is 0.425. The number of benzene rings is 1. The predicted molar refractivity (Wildman–Crippen MR) is 136 cm³/mol. The fraction of sp³-hybridized carbons (Fsp3) is 0.423. The smallest absolute Gasteiger partial charge is 0.253 e. The highest BCUT2D eigenvalue weighted by molar-refractivity contribution is 7.19. The molecule has 35 heavy (non-hydrogen) atoms. The first-order chi connectivity index (χ1) is 17.2. The number of anilines is 1. The van der Waals surface area contributed by atoms with Crippen molar-refractivity contribution in [3.63, 3.8) is 0 Å². The normalized spacial score (nSPS) is 22.5. The molecular weight excluding hydrogens is 460 g/mol. The molecule has 0 radical (unpaired) electrons. The van der Waals surface area contributed by atoms with E-state index >= 15 is 0 Å². The second kappa shape index (κ2) is 8.67. The highest BCUT2D eigenvalue weighted by Crippen LogP contribution is 2.41. The molecule has 4 aromatic rings. The van der Waals surface area contributed by atoms with Gasteiger partial charge in [0.2, 0.25) is 0 Å². The van der Waals surface area contributed by atoms with Crippen LogP contribution in [0.4, 0.5) is 5.82 Å². The Hall–Kier alpha value is -2.85. The lowest BCUT2D eigenvalue weighted by Crippen LogP contribution is -2.64. The standard InChI is InChI=1S/C26H28N6O2S/c1-17-3-2-4-18(11-17)22-5-6-31(29-22)26-27-23-13-21(14-30-7-9-33-10-8-30)35-24(23)25(28-26)32-19-12-20(32)16-34-15-19/h2-6,11,13,19-20H,7-10,12,14-16H2,1H3. The molecule has 2 atom stereocenters. The van der Waals surface area contributed by atoms with E-state index in [0.717, 1.165) is 68.7 Å². The molecule has 8 nitrogen and oxygen atoms in total. The molecule has 3 aliphatic heterocycles. The van der Waals surface area contributed by atoms with E-state index in [0.29, 0.717) is 18.0 Å². The first-order valence-electron chi connectivity index (χ1n) is 12.3. The van der Waals surface area contributed by atoms with Gasteiger partial charge in [0.15, 0.2) is 5.82 Å². The first-order valence-corrected chi connectivity index (χ1v) is 13.1. The molecule has 3 aromatic heterocycles. The Morgan fingerprint density at radius 1 is 1.03 bits per heavy atom. The Kier molecular flexibility index (Phi) is 5.31. The van der Waals surface area contributed by atoms with Crippen molar-refractivity contribution in [1.29, 1.82) is 0 Å². The molecule has 3 fully saturated rings. The molecule has 0 saturated carbocycles. The van der Waals surface area contributed by atoms with Gasteiger partial charge in [0.25, 0.3) is 5.95 Å². The second-order valence-corrected chi connectivity index (χ2v) is 10.8. The summed E-state index contributed by atoms with van der Waals surface area (Å²) in [7, 11) is 0. The van der Waals surface area contributed by atoms with Gasteiger partial charge in [-0.1, -0.05) is 23.8 Å². The van der Waals surface area contributed by atoms with Crippen molar-refractivity contribution in [1.82, 2.24) is 24.6 Å². The van der Waals surface area contributed by atoms with Crippen LogP contribution in [0, 0.1) is 6.92 Å². The third kappa shape index (κ3) is 3.92. The summed E-state index contributed by atoms with van der Waals surface area (Å²) in [6.07, 6.45) is 3.13. The lowest BCUT2D eigenvalue weighted by atomic mass is 9.91. The maximum atomic E-state index is 5.76. The number of aromatic nitrogens is 4. The predicted octanol–water partition coefficient (Wildman–Crippen LogP) is 3.66. The van der Waals surface area contributed by atoms with E-state index in [1.54, 1.807) is 0 Å². The van der Waals surface area contributed by atoms with Gasteiger partial charge in [-0.3, -0.25) is 4.90 Å². The van der Waals surface area contributed by atoms with E-state index in [-0.39, 0.29) is 0 Å². The van der Waals surface area contributed by atoms with Gasteiger partial charge in [0.05, 0.1) is 54.4 Å². The minimum atomic E-state index is 0.393. The molecule has 2 unspecified atom stereocenters. The highest BCUT2D eigenvalue weighted by atomic mass is 32.1.